The van der Waals surface area contributed by atoms with Crippen LogP contribution in [0.25, 0.3) is 0 Å². The number of benzene rings is 1. The lowest BCUT2D eigenvalue weighted by Crippen LogP contribution is -2.17. The van der Waals surface area contributed by atoms with Crippen LogP contribution in [0, 0.1) is 25.2 Å². The summed E-state index contributed by atoms with van der Waals surface area (Å²) < 4.78 is 4.71. The van der Waals surface area contributed by atoms with Gasteiger partial charge in [0, 0.05) is 0 Å². The third-order valence-electron chi connectivity index (χ3n) is 2.26. The first-order valence-corrected chi connectivity index (χ1v) is 5.56. The molecule has 0 aliphatic rings. The van der Waals surface area contributed by atoms with E-state index in [1.165, 1.54) is 0 Å². The van der Waals surface area contributed by atoms with Crippen LogP contribution in [0.5, 0.6) is 0 Å². The van der Waals surface area contributed by atoms with Gasteiger partial charge in [-0.1, -0.05) is 12.1 Å². The number of hydrogen-bond donors (Lipinski definition) is 1. The van der Waals surface area contributed by atoms with Gasteiger partial charge in [0.1, 0.15) is 6.07 Å². The normalized spacial score (nSPS) is 10.7. The molecule has 0 bridgehead atoms. The number of ether oxygens (including phenoxy) is 1. The summed E-state index contributed by atoms with van der Waals surface area (Å²) in [4.78, 5) is 11.3. The van der Waals surface area contributed by atoms with Crippen molar-refractivity contribution >= 4 is 17.4 Å². The van der Waals surface area contributed by atoms with Gasteiger partial charge in [0.15, 0.2) is 0 Å². The molecule has 0 spiro atoms. The Morgan fingerprint density at radius 2 is 2.22 bits per heavy atom. The van der Waals surface area contributed by atoms with Crippen molar-refractivity contribution < 1.29 is 9.53 Å². The monoisotopic (exact) mass is 245 g/mol. The quantitative estimate of drug-likeness (QED) is 0.501. The number of hydrazone groups is 1. The Hall–Kier alpha value is -2.35. The van der Waals surface area contributed by atoms with Gasteiger partial charge in [-0.2, -0.15) is 10.4 Å². The second-order valence-electron chi connectivity index (χ2n) is 3.72. The van der Waals surface area contributed by atoms with Crippen molar-refractivity contribution in [2.45, 2.75) is 20.8 Å². The van der Waals surface area contributed by atoms with Gasteiger partial charge in [-0.3, -0.25) is 5.43 Å². The van der Waals surface area contributed by atoms with Crippen molar-refractivity contribution in [1.29, 1.82) is 5.26 Å². The maximum absolute atomic E-state index is 11.3. The standard InChI is InChI=1S/C13H15N3O2/c1-4-18-13(17)12(8-14)16-15-11-7-9(2)5-6-10(11)3/h5-7,15H,4H2,1-3H3/b16-12-. The zero-order chi connectivity index (χ0) is 13.5. The number of nitrogens with one attached hydrogen (secondary N) is 1. The Kier molecular flexibility index (Phi) is 4.88. The molecular formula is C13H15N3O2. The van der Waals surface area contributed by atoms with Crippen LogP contribution in [0.4, 0.5) is 5.69 Å². The Balaban J connectivity index is 2.87. The van der Waals surface area contributed by atoms with E-state index in [0.29, 0.717) is 0 Å². The van der Waals surface area contributed by atoms with Crippen LogP contribution in [0.2, 0.25) is 0 Å². The Morgan fingerprint density at radius 1 is 1.50 bits per heavy atom. The molecule has 0 atom stereocenters. The van der Waals surface area contributed by atoms with E-state index < -0.39 is 5.97 Å². The first-order valence-electron chi connectivity index (χ1n) is 5.56. The number of aryl methyl sites for hydroxylation is 2. The van der Waals surface area contributed by atoms with E-state index in [2.05, 4.69) is 10.5 Å². The molecule has 0 unspecified atom stereocenters. The number of nitriles is 1. The number of nitrogens with zero attached hydrogens (tertiary/aromatic N) is 2. The summed E-state index contributed by atoms with van der Waals surface area (Å²) in [5.41, 5.74) is 5.21. The van der Waals surface area contributed by atoms with Gasteiger partial charge in [-0.15, -0.1) is 0 Å². The van der Waals surface area contributed by atoms with Crippen molar-refractivity contribution in [1.82, 2.24) is 0 Å². The average molecular weight is 245 g/mol. The molecule has 0 aliphatic carbocycles. The minimum absolute atomic E-state index is 0.211. The summed E-state index contributed by atoms with van der Waals surface area (Å²) in [6.45, 7) is 5.74. The minimum Gasteiger partial charge on any atom is -0.461 e. The van der Waals surface area contributed by atoms with Crippen LogP contribution < -0.4 is 5.43 Å². The molecule has 0 saturated carbocycles. The lowest BCUT2D eigenvalue weighted by atomic mass is 10.1. The maximum Gasteiger partial charge on any atom is 0.369 e. The van der Waals surface area contributed by atoms with Crippen LogP contribution in [0.1, 0.15) is 18.1 Å². The predicted octanol–water partition coefficient (Wildman–Crippen LogP) is 2.16. The highest BCUT2D eigenvalue weighted by molar-refractivity contribution is 6.43. The fraction of sp³-hybridized carbons (Fsp3) is 0.308. The fourth-order valence-electron chi connectivity index (χ4n) is 1.29. The molecule has 1 N–H and O–H groups in total. The van der Waals surface area contributed by atoms with Gasteiger partial charge < -0.3 is 4.74 Å². The molecule has 0 aliphatic heterocycles. The molecule has 5 heteroatoms. The summed E-state index contributed by atoms with van der Waals surface area (Å²) in [6.07, 6.45) is 0. The van der Waals surface area contributed by atoms with Gasteiger partial charge in [-0.25, -0.2) is 4.79 Å². The highest BCUT2D eigenvalue weighted by Crippen LogP contribution is 2.16. The highest BCUT2D eigenvalue weighted by Gasteiger charge is 2.11. The zero-order valence-corrected chi connectivity index (χ0v) is 10.7. The first kappa shape index (κ1) is 13.7. The third-order valence-corrected chi connectivity index (χ3v) is 2.26. The molecule has 5 nitrogen and oxygen atoms in total. The number of esters is 1. The van der Waals surface area contributed by atoms with Crippen LogP contribution in [0.3, 0.4) is 0 Å². The Morgan fingerprint density at radius 3 is 2.83 bits per heavy atom. The summed E-state index contributed by atoms with van der Waals surface area (Å²) in [6, 6.07) is 7.50. The second kappa shape index (κ2) is 6.40. The van der Waals surface area contributed by atoms with Crippen molar-refractivity contribution in [2.24, 2.45) is 5.10 Å². The minimum atomic E-state index is -0.724. The SMILES string of the molecule is CCOC(=O)/C(C#N)=N\Nc1cc(C)ccc1C. The van der Waals surface area contributed by atoms with E-state index in [1.54, 1.807) is 13.0 Å². The maximum atomic E-state index is 11.3. The molecule has 0 heterocycles. The van der Waals surface area contributed by atoms with Crippen LogP contribution in [-0.4, -0.2) is 18.3 Å². The van der Waals surface area contributed by atoms with Gasteiger partial charge in [-0.05, 0) is 38.0 Å². The molecule has 1 aromatic rings. The second-order valence-corrected chi connectivity index (χ2v) is 3.72. The van der Waals surface area contributed by atoms with Crippen LogP contribution >= 0.6 is 0 Å². The molecule has 0 fully saturated rings. The van der Waals surface area contributed by atoms with Gasteiger partial charge >= 0.3 is 5.97 Å². The van der Waals surface area contributed by atoms with Gasteiger partial charge in [0.25, 0.3) is 0 Å². The van der Waals surface area contributed by atoms with Crippen molar-refractivity contribution in [2.75, 3.05) is 12.0 Å². The summed E-state index contributed by atoms with van der Waals surface area (Å²) in [5.74, 6) is -0.724. The molecule has 1 rings (SSSR count). The number of carbonyl (C=O) groups is 1. The van der Waals surface area contributed by atoms with Crippen molar-refractivity contribution in [3.63, 3.8) is 0 Å². The van der Waals surface area contributed by atoms with E-state index in [9.17, 15) is 4.79 Å². The molecular weight excluding hydrogens is 230 g/mol. The third kappa shape index (κ3) is 3.59. The van der Waals surface area contributed by atoms with E-state index in [1.807, 2.05) is 32.0 Å². The molecule has 18 heavy (non-hydrogen) atoms. The van der Waals surface area contributed by atoms with E-state index in [-0.39, 0.29) is 12.3 Å². The van der Waals surface area contributed by atoms with E-state index in [4.69, 9.17) is 10.00 Å². The molecule has 1 aromatic carbocycles. The lowest BCUT2D eigenvalue weighted by molar-refractivity contribution is -0.134. The Labute approximate surface area is 106 Å². The van der Waals surface area contributed by atoms with Crippen molar-refractivity contribution in [3.05, 3.63) is 29.3 Å². The molecule has 0 saturated heterocycles. The van der Waals surface area contributed by atoms with Crippen LogP contribution in [0.15, 0.2) is 23.3 Å². The summed E-state index contributed by atoms with van der Waals surface area (Å²) in [5, 5.41) is 12.6. The van der Waals surface area contributed by atoms with Crippen molar-refractivity contribution in [3.8, 4) is 6.07 Å². The number of hydrogen-bond acceptors (Lipinski definition) is 5. The predicted molar refractivity (Wildman–Crippen MR) is 69.2 cm³/mol. The van der Waals surface area contributed by atoms with Crippen LogP contribution in [-0.2, 0) is 9.53 Å². The molecule has 0 amide bonds. The lowest BCUT2D eigenvalue weighted by Gasteiger charge is -2.06. The Bertz CT molecular complexity index is 515. The number of rotatable bonds is 4. The zero-order valence-electron chi connectivity index (χ0n) is 10.7. The molecule has 0 aromatic heterocycles. The number of carbonyl (C=O) groups excluding carboxylic acids is 1. The van der Waals surface area contributed by atoms with E-state index >= 15 is 0 Å². The first-order chi connectivity index (χ1) is 8.58. The van der Waals surface area contributed by atoms with E-state index in [0.717, 1.165) is 16.8 Å². The smallest absolute Gasteiger partial charge is 0.369 e. The summed E-state index contributed by atoms with van der Waals surface area (Å²) in [7, 11) is 0. The number of anilines is 1. The largest absolute Gasteiger partial charge is 0.461 e. The topological polar surface area (TPSA) is 74.5 Å². The fourth-order valence-corrected chi connectivity index (χ4v) is 1.29. The highest BCUT2D eigenvalue weighted by atomic mass is 16.5. The van der Waals surface area contributed by atoms with Gasteiger partial charge in [0.05, 0.1) is 12.3 Å². The van der Waals surface area contributed by atoms with Gasteiger partial charge in [0.2, 0.25) is 5.71 Å². The summed E-state index contributed by atoms with van der Waals surface area (Å²) >= 11 is 0. The average Bonchev–Trinajstić information content (AvgIpc) is 2.34. The molecule has 0 radical (unpaired) electrons. The molecule has 94 valence electrons.